The molecule has 1 aromatic heterocycles. The molecule has 31 heavy (non-hydrogen) atoms. The highest BCUT2D eigenvalue weighted by Crippen LogP contribution is 2.37. The molecule has 0 aliphatic carbocycles. The molecule has 0 atom stereocenters. The number of anilines is 1. The zero-order valence-electron chi connectivity index (χ0n) is 15.9. The SMILES string of the molecule is NCCS(=O)(=O)c1ccc(-c2cccc3nc(N)oc23)c(/C(N)=N/NN)c1S(N)(=O)=O. The second kappa shape index (κ2) is 8.12. The number of sulfonamides is 1. The summed E-state index contributed by atoms with van der Waals surface area (Å²) in [5.41, 5.74) is 19.7. The van der Waals surface area contributed by atoms with Crippen molar-refractivity contribution in [1.82, 2.24) is 10.5 Å². The minimum absolute atomic E-state index is 0.122. The van der Waals surface area contributed by atoms with Crippen molar-refractivity contribution in [2.45, 2.75) is 9.79 Å². The Bertz CT molecular complexity index is 1400. The predicted octanol–water partition coefficient (Wildman–Crippen LogP) is -1.46. The van der Waals surface area contributed by atoms with Crippen LogP contribution in [-0.4, -0.2) is 40.0 Å². The highest BCUT2D eigenvalue weighted by molar-refractivity contribution is 7.93. The monoisotopic (exact) mass is 468 g/mol. The molecule has 0 unspecified atom stereocenters. The first-order valence-corrected chi connectivity index (χ1v) is 11.8. The fourth-order valence-electron chi connectivity index (χ4n) is 3.14. The lowest BCUT2D eigenvalue weighted by molar-refractivity contribution is 0.583. The van der Waals surface area contributed by atoms with Gasteiger partial charge in [-0.25, -0.2) is 33.4 Å². The van der Waals surface area contributed by atoms with E-state index in [9.17, 15) is 16.8 Å². The van der Waals surface area contributed by atoms with Crippen molar-refractivity contribution in [2.24, 2.45) is 27.6 Å². The van der Waals surface area contributed by atoms with Gasteiger partial charge in [0.05, 0.1) is 10.6 Å². The second-order valence-corrected chi connectivity index (χ2v) is 9.88. The summed E-state index contributed by atoms with van der Waals surface area (Å²) < 4.78 is 56.0. The van der Waals surface area contributed by atoms with Gasteiger partial charge in [-0.3, -0.25) is 0 Å². The number of fused-ring (bicyclic) bond motifs is 1. The number of sulfone groups is 1. The van der Waals surface area contributed by atoms with Crippen LogP contribution in [0.3, 0.4) is 0 Å². The van der Waals surface area contributed by atoms with Crippen molar-refractivity contribution in [3.8, 4) is 11.1 Å². The average molecular weight is 469 g/mol. The van der Waals surface area contributed by atoms with Crippen LogP contribution in [0.25, 0.3) is 22.2 Å². The van der Waals surface area contributed by atoms with Crippen LogP contribution in [-0.2, 0) is 19.9 Å². The summed E-state index contributed by atoms with van der Waals surface area (Å²) in [6, 6.07) is 7.15. The fraction of sp³-hybridized carbons (Fsp3) is 0.125. The van der Waals surface area contributed by atoms with E-state index >= 15 is 0 Å². The third-order valence-electron chi connectivity index (χ3n) is 4.29. The molecule has 0 aliphatic heterocycles. The second-order valence-electron chi connectivity index (χ2n) is 6.30. The predicted molar refractivity (Wildman–Crippen MR) is 114 cm³/mol. The first-order valence-electron chi connectivity index (χ1n) is 8.58. The summed E-state index contributed by atoms with van der Waals surface area (Å²) in [4.78, 5) is 2.71. The van der Waals surface area contributed by atoms with E-state index < -0.39 is 41.2 Å². The number of aromatic nitrogens is 1. The van der Waals surface area contributed by atoms with Crippen molar-refractivity contribution in [3.05, 3.63) is 35.9 Å². The van der Waals surface area contributed by atoms with Gasteiger partial charge in [0.2, 0.25) is 10.0 Å². The quantitative estimate of drug-likeness (QED) is 0.101. The molecule has 3 aromatic rings. The van der Waals surface area contributed by atoms with Crippen LogP contribution >= 0.6 is 0 Å². The Balaban J connectivity index is 2.53. The highest BCUT2D eigenvalue weighted by Gasteiger charge is 2.31. The van der Waals surface area contributed by atoms with Gasteiger partial charge in [-0.15, -0.1) is 5.10 Å². The smallest absolute Gasteiger partial charge is 0.293 e. The van der Waals surface area contributed by atoms with E-state index in [-0.39, 0.29) is 29.3 Å². The number of hydrogen-bond donors (Lipinski definition) is 6. The van der Waals surface area contributed by atoms with Crippen LogP contribution in [0, 0.1) is 0 Å². The third kappa shape index (κ3) is 4.17. The molecule has 0 amide bonds. The lowest BCUT2D eigenvalue weighted by Gasteiger charge is -2.17. The largest absolute Gasteiger partial charge is 0.423 e. The average Bonchev–Trinajstić information content (AvgIpc) is 3.06. The maximum Gasteiger partial charge on any atom is 0.293 e. The maximum absolute atomic E-state index is 12.7. The normalized spacial score (nSPS) is 12.9. The van der Waals surface area contributed by atoms with E-state index in [0.717, 1.165) is 6.07 Å². The first kappa shape index (κ1) is 22.4. The summed E-state index contributed by atoms with van der Waals surface area (Å²) in [7, 11) is -8.76. The number of rotatable bonds is 7. The number of nitrogens with zero attached hydrogens (tertiary/aromatic N) is 2. The Morgan fingerprint density at radius 3 is 2.45 bits per heavy atom. The number of hydrogen-bond acceptors (Lipinski definition) is 11. The van der Waals surface area contributed by atoms with E-state index in [4.69, 9.17) is 32.6 Å². The van der Waals surface area contributed by atoms with E-state index in [1.54, 1.807) is 18.2 Å². The number of nitrogens with two attached hydrogens (primary N) is 5. The fourth-order valence-corrected chi connectivity index (χ4v) is 5.91. The zero-order valence-corrected chi connectivity index (χ0v) is 17.6. The summed E-state index contributed by atoms with van der Waals surface area (Å²) in [5, 5.41) is 9.03. The number of amidine groups is 1. The van der Waals surface area contributed by atoms with E-state index in [1.807, 2.05) is 5.53 Å². The maximum atomic E-state index is 12.7. The van der Waals surface area contributed by atoms with Crippen LogP contribution in [0.2, 0.25) is 0 Å². The molecule has 15 heteroatoms. The molecule has 0 aliphatic rings. The van der Waals surface area contributed by atoms with Gasteiger partial charge >= 0.3 is 0 Å². The van der Waals surface area contributed by atoms with Gasteiger partial charge in [0.25, 0.3) is 6.01 Å². The van der Waals surface area contributed by atoms with Gasteiger partial charge < -0.3 is 21.6 Å². The number of nitrogens with one attached hydrogen (secondary N) is 1. The van der Waals surface area contributed by atoms with Crippen LogP contribution < -0.4 is 33.7 Å². The number of primary sulfonamides is 1. The summed E-state index contributed by atoms with van der Waals surface area (Å²) in [5.74, 6) is 4.25. The molecule has 0 saturated carbocycles. The van der Waals surface area contributed by atoms with Gasteiger partial charge in [0, 0.05) is 17.7 Å². The van der Waals surface area contributed by atoms with Crippen molar-refractivity contribution < 1.29 is 21.3 Å². The van der Waals surface area contributed by atoms with Crippen LogP contribution in [0.4, 0.5) is 6.01 Å². The van der Waals surface area contributed by atoms with E-state index in [0.29, 0.717) is 11.1 Å². The molecule has 2 aromatic carbocycles. The van der Waals surface area contributed by atoms with Gasteiger partial charge in [-0.2, -0.15) is 4.98 Å². The van der Waals surface area contributed by atoms with Gasteiger partial charge in [-0.1, -0.05) is 18.2 Å². The number of nitrogen functional groups attached to an aromatic ring is 1. The Labute approximate surface area is 177 Å². The Kier molecular flexibility index (Phi) is 5.88. The van der Waals surface area contributed by atoms with Crippen molar-refractivity contribution in [2.75, 3.05) is 18.0 Å². The molecule has 13 nitrogen and oxygen atoms in total. The number of para-hydroxylation sites is 1. The zero-order chi connectivity index (χ0) is 23.0. The molecule has 0 bridgehead atoms. The summed E-state index contributed by atoms with van der Waals surface area (Å²) >= 11 is 0. The third-order valence-corrected chi connectivity index (χ3v) is 7.20. The van der Waals surface area contributed by atoms with Gasteiger partial charge in [0.15, 0.2) is 21.3 Å². The van der Waals surface area contributed by atoms with Gasteiger partial charge in [-0.05, 0) is 17.7 Å². The summed E-state index contributed by atoms with van der Waals surface area (Å²) in [6.45, 7) is -0.242. The summed E-state index contributed by atoms with van der Waals surface area (Å²) in [6.07, 6.45) is 0. The van der Waals surface area contributed by atoms with Crippen LogP contribution in [0.5, 0.6) is 0 Å². The molecule has 0 spiro atoms. The van der Waals surface area contributed by atoms with Crippen LogP contribution in [0.15, 0.2) is 49.6 Å². The van der Waals surface area contributed by atoms with Gasteiger partial charge in [0.1, 0.15) is 10.4 Å². The van der Waals surface area contributed by atoms with Crippen molar-refractivity contribution >= 4 is 42.8 Å². The molecule has 166 valence electrons. The van der Waals surface area contributed by atoms with Crippen molar-refractivity contribution in [1.29, 1.82) is 0 Å². The van der Waals surface area contributed by atoms with E-state index in [2.05, 4.69) is 10.1 Å². The minimum Gasteiger partial charge on any atom is -0.423 e. The molecular weight excluding hydrogens is 448 g/mol. The lowest BCUT2D eigenvalue weighted by Crippen LogP contribution is -2.29. The molecule has 0 fully saturated rings. The molecule has 0 radical (unpaired) electrons. The minimum atomic E-state index is -4.63. The van der Waals surface area contributed by atoms with E-state index in [1.165, 1.54) is 6.07 Å². The molecule has 0 saturated heterocycles. The van der Waals surface area contributed by atoms with Crippen molar-refractivity contribution in [3.63, 3.8) is 0 Å². The number of hydrazine groups is 1. The lowest BCUT2D eigenvalue weighted by atomic mass is 9.98. The Morgan fingerprint density at radius 1 is 1.13 bits per heavy atom. The molecule has 3 rings (SSSR count). The highest BCUT2D eigenvalue weighted by atomic mass is 32.2. The number of benzene rings is 2. The number of hydrazone groups is 1. The number of oxazole rings is 1. The molecule has 11 N–H and O–H groups in total. The topological polar surface area (TPSA) is 249 Å². The molecule has 1 heterocycles. The molecular formula is C16H20N8O5S2. The Hall–Kier alpha value is -3.24. The first-order chi connectivity index (χ1) is 14.5. The standard InChI is InChI=1S/C16H20N8O5S2/c17-6-7-30(25,26)11-5-4-8(9-2-1-3-10-13(9)29-16(19)22-10)12(15(18)23-24-20)14(11)31(21,27)28/h1-5,24H,6-7,17,20H2,(H2,18,23)(H2,19,22)(H2,21,27,28). The Morgan fingerprint density at radius 2 is 1.84 bits per heavy atom. The van der Waals surface area contributed by atoms with Crippen LogP contribution in [0.1, 0.15) is 5.56 Å².